The standard InChI is InChI=1S/C20H23N3O2/c1-14-5-4-6-19-21-17(12-20(25)23(14)19)13-22(3)15(2)11-16-7-9-18(24)10-8-16/h4-10,12,15,24H,11,13H2,1-3H3/t15-/m1/s1. The molecule has 0 amide bonds. The molecule has 2 aromatic heterocycles. The average Bonchev–Trinajstić information content (AvgIpc) is 2.56. The molecular formula is C20H23N3O2. The lowest BCUT2D eigenvalue weighted by atomic mass is 10.1. The molecule has 0 aliphatic carbocycles. The molecule has 1 atom stereocenters. The highest BCUT2D eigenvalue weighted by Gasteiger charge is 2.13. The summed E-state index contributed by atoms with van der Waals surface area (Å²) < 4.78 is 1.63. The van der Waals surface area contributed by atoms with Crippen LogP contribution in [0, 0.1) is 6.92 Å². The molecule has 1 N–H and O–H groups in total. The van der Waals surface area contributed by atoms with E-state index in [0.29, 0.717) is 12.2 Å². The molecule has 25 heavy (non-hydrogen) atoms. The van der Waals surface area contributed by atoms with Gasteiger partial charge < -0.3 is 5.11 Å². The van der Waals surface area contributed by atoms with Gasteiger partial charge in [-0.25, -0.2) is 4.98 Å². The summed E-state index contributed by atoms with van der Waals surface area (Å²) in [6.07, 6.45) is 0.864. The van der Waals surface area contributed by atoms with Gasteiger partial charge in [-0.15, -0.1) is 0 Å². The summed E-state index contributed by atoms with van der Waals surface area (Å²) in [7, 11) is 2.03. The second-order valence-electron chi connectivity index (χ2n) is 6.58. The Morgan fingerprint density at radius 2 is 1.92 bits per heavy atom. The fourth-order valence-electron chi connectivity index (χ4n) is 2.99. The van der Waals surface area contributed by atoms with Crippen molar-refractivity contribution in [2.45, 2.75) is 32.9 Å². The highest BCUT2D eigenvalue weighted by atomic mass is 16.3. The van der Waals surface area contributed by atoms with Crippen LogP contribution in [0.3, 0.4) is 0 Å². The zero-order chi connectivity index (χ0) is 18.0. The van der Waals surface area contributed by atoms with Crippen LogP contribution in [0.1, 0.15) is 23.9 Å². The van der Waals surface area contributed by atoms with Crippen LogP contribution in [0.5, 0.6) is 5.75 Å². The quantitative estimate of drug-likeness (QED) is 0.778. The molecule has 0 saturated carbocycles. The maximum Gasteiger partial charge on any atom is 0.258 e. The predicted octanol–water partition coefficient (Wildman–Crippen LogP) is 2.77. The van der Waals surface area contributed by atoms with E-state index in [2.05, 4.69) is 16.8 Å². The van der Waals surface area contributed by atoms with E-state index in [0.717, 1.165) is 17.8 Å². The number of phenols is 1. The zero-order valence-corrected chi connectivity index (χ0v) is 14.8. The second kappa shape index (κ2) is 7.07. The SMILES string of the molecule is Cc1cccc2nc(CN(C)[C@H](C)Cc3ccc(O)cc3)cc(=O)n12. The number of rotatable bonds is 5. The lowest BCUT2D eigenvalue weighted by molar-refractivity contribution is 0.245. The van der Waals surface area contributed by atoms with E-state index < -0.39 is 0 Å². The summed E-state index contributed by atoms with van der Waals surface area (Å²) in [4.78, 5) is 19.2. The second-order valence-corrected chi connectivity index (χ2v) is 6.58. The number of fused-ring (bicyclic) bond motifs is 1. The fourth-order valence-corrected chi connectivity index (χ4v) is 2.99. The van der Waals surface area contributed by atoms with Gasteiger partial charge >= 0.3 is 0 Å². The van der Waals surface area contributed by atoms with Crippen LogP contribution in [-0.2, 0) is 13.0 Å². The molecule has 0 aliphatic heterocycles. The number of pyridine rings is 1. The number of aryl methyl sites for hydroxylation is 1. The van der Waals surface area contributed by atoms with Crippen LogP contribution >= 0.6 is 0 Å². The summed E-state index contributed by atoms with van der Waals surface area (Å²) in [6, 6.07) is 14.8. The molecule has 5 nitrogen and oxygen atoms in total. The van der Waals surface area contributed by atoms with Crippen LogP contribution in [0.4, 0.5) is 0 Å². The van der Waals surface area contributed by atoms with Gasteiger partial charge in [-0.1, -0.05) is 18.2 Å². The Morgan fingerprint density at radius 3 is 2.64 bits per heavy atom. The summed E-state index contributed by atoms with van der Waals surface area (Å²) in [5.74, 6) is 0.279. The van der Waals surface area contributed by atoms with E-state index in [9.17, 15) is 9.90 Å². The van der Waals surface area contributed by atoms with Crippen LogP contribution < -0.4 is 5.56 Å². The van der Waals surface area contributed by atoms with Crippen LogP contribution in [0.2, 0.25) is 0 Å². The lowest BCUT2D eigenvalue weighted by Gasteiger charge is -2.24. The first-order valence-corrected chi connectivity index (χ1v) is 8.40. The van der Waals surface area contributed by atoms with Crippen molar-refractivity contribution in [3.63, 3.8) is 0 Å². The first-order chi connectivity index (χ1) is 11.9. The monoisotopic (exact) mass is 337 g/mol. The van der Waals surface area contributed by atoms with Crippen molar-refractivity contribution in [1.29, 1.82) is 0 Å². The van der Waals surface area contributed by atoms with Crippen molar-refractivity contribution >= 4 is 5.65 Å². The number of likely N-dealkylation sites (N-methyl/N-ethyl adjacent to an activating group) is 1. The molecule has 0 unspecified atom stereocenters. The minimum Gasteiger partial charge on any atom is -0.508 e. The highest BCUT2D eigenvalue weighted by molar-refractivity contribution is 5.40. The van der Waals surface area contributed by atoms with Crippen LogP contribution in [-0.4, -0.2) is 32.5 Å². The Hall–Kier alpha value is -2.66. The Labute approximate surface area is 147 Å². The molecule has 130 valence electrons. The molecule has 0 saturated heterocycles. The van der Waals surface area contributed by atoms with E-state index in [1.165, 1.54) is 5.56 Å². The molecule has 3 aromatic rings. The molecule has 1 aromatic carbocycles. The summed E-state index contributed by atoms with van der Waals surface area (Å²) in [5, 5.41) is 9.38. The Balaban J connectivity index is 1.76. The van der Waals surface area contributed by atoms with Gasteiger partial charge in [0.15, 0.2) is 0 Å². The minimum atomic E-state index is -0.0438. The Kier molecular flexibility index (Phi) is 4.86. The first-order valence-electron chi connectivity index (χ1n) is 8.40. The summed E-state index contributed by atoms with van der Waals surface area (Å²) in [6.45, 7) is 4.66. The maximum atomic E-state index is 12.4. The number of hydrogen-bond donors (Lipinski definition) is 1. The minimum absolute atomic E-state index is 0.0438. The predicted molar refractivity (Wildman–Crippen MR) is 98.9 cm³/mol. The molecule has 0 aliphatic rings. The highest BCUT2D eigenvalue weighted by Crippen LogP contribution is 2.14. The molecule has 3 rings (SSSR count). The van der Waals surface area contributed by atoms with E-state index in [1.54, 1.807) is 22.6 Å². The van der Waals surface area contributed by atoms with Crippen molar-refractivity contribution in [1.82, 2.24) is 14.3 Å². The van der Waals surface area contributed by atoms with Crippen molar-refractivity contribution < 1.29 is 5.11 Å². The molecule has 5 heteroatoms. The molecule has 0 spiro atoms. The van der Waals surface area contributed by atoms with Gasteiger partial charge in [0.1, 0.15) is 11.4 Å². The molecule has 0 fully saturated rings. The van der Waals surface area contributed by atoms with Crippen molar-refractivity contribution in [2.75, 3.05) is 7.05 Å². The Bertz CT molecular complexity index is 932. The average molecular weight is 337 g/mol. The molecule has 0 bridgehead atoms. The van der Waals surface area contributed by atoms with Gasteiger partial charge in [-0.05, 0) is 57.1 Å². The summed E-state index contributed by atoms with van der Waals surface area (Å²) >= 11 is 0. The number of benzene rings is 1. The number of nitrogens with zero attached hydrogens (tertiary/aromatic N) is 3. The smallest absolute Gasteiger partial charge is 0.258 e. The number of aromatic hydroxyl groups is 1. The number of hydrogen-bond acceptors (Lipinski definition) is 4. The van der Waals surface area contributed by atoms with Crippen molar-refractivity contribution in [3.8, 4) is 5.75 Å². The van der Waals surface area contributed by atoms with Gasteiger partial charge in [0.25, 0.3) is 5.56 Å². The van der Waals surface area contributed by atoms with Gasteiger partial charge in [-0.3, -0.25) is 14.1 Å². The largest absolute Gasteiger partial charge is 0.508 e. The van der Waals surface area contributed by atoms with Gasteiger partial charge in [0.05, 0.1) is 5.69 Å². The number of aromatic nitrogens is 2. The van der Waals surface area contributed by atoms with Crippen LogP contribution in [0.25, 0.3) is 5.65 Å². The molecule has 0 radical (unpaired) electrons. The number of phenolic OH excluding ortho intramolecular Hbond substituents is 1. The normalized spacial score (nSPS) is 12.6. The zero-order valence-electron chi connectivity index (χ0n) is 14.8. The van der Waals surface area contributed by atoms with Crippen molar-refractivity contribution in [2.24, 2.45) is 0 Å². The molecular weight excluding hydrogens is 314 g/mol. The van der Waals surface area contributed by atoms with E-state index in [4.69, 9.17) is 0 Å². The van der Waals surface area contributed by atoms with Crippen molar-refractivity contribution in [3.05, 3.63) is 75.8 Å². The molecule has 2 heterocycles. The first kappa shape index (κ1) is 17.2. The Morgan fingerprint density at radius 1 is 1.20 bits per heavy atom. The fraction of sp³-hybridized carbons (Fsp3) is 0.300. The van der Waals surface area contributed by atoms with Gasteiger partial charge in [-0.2, -0.15) is 0 Å². The van der Waals surface area contributed by atoms with E-state index in [-0.39, 0.29) is 17.4 Å². The maximum absolute atomic E-state index is 12.4. The topological polar surface area (TPSA) is 57.8 Å². The summed E-state index contributed by atoms with van der Waals surface area (Å²) in [5.41, 5.74) is 3.46. The van der Waals surface area contributed by atoms with E-state index in [1.807, 2.05) is 44.3 Å². The van der Waals surface area contributed by atoms with Gasteiger partial charge in [0, 0.05) is 24.3 Å². The third kappa shape index (κ3) is 3.88. The van der Waals surface area contributed by atoms with E-state index >= 15 is 0 Å². The van der Waals surface area contributed by atoms with Crippen LogP contribution in [0.15, 0.2) is 53.3 Å². The third-order valence-electron chi connectivity index (χ3n) is 4.56. The third-order valence-corrected chi connectivity index (χ3v) is 4.56. The lowest BCUT2D eigenvalue weighted by Crippen LogP contribution is -2.31. The van der Waals surface area contributed by atoms with Gasteiger partial charge in [0.2, 0.25) is 0 Å².